The van der Waals surface area contributed by atoms with Crippen molar-refractivity contribution in [1.82, 2.24) is 14.8 Å². The Morgan fingerprint density at radius 1 is 0.878 bits per heavy atom. The van der Waals surface area contributed by atoms with Crippen molar-refractivity contribution in [3.05, 3.63) is 114 Å². The summed E-state index contributed by atoms with van der Waals surface area (Å²) in [4.78, 5) is 25.4. The molecule has 0 bridgehead atoms. The quantitative estimate of drug-likeness (QED) is 0.204. The fraction of sp³-hybridized carbons (Fsp3) is 0.0667. The number of rotatable bonds is 9. The van der Waals surface area contributed by atoms with Crippen molar-refractivity contribution in [2.75, 3.05) is 23.5 Å². The van der Waals surface area contributed by atoms with E-state index in [1.807, 2.05) is 18.2 Å². The fourth-order valence-corrected chi connectivity index (χ4v) is 4.74. The van der Waals surface area contributed by atoms with Crippen LogP contribution in [0.1, 0.15) is 10.4 Å². The van der Waals surface area contributed by atoms with Gasteiger partial charge in [0.05, 0.1) is 24.2 Å². The highest BCUT2D eigenvalue weighted by Gasteiger charge is 2.20. The smallest absolute Gasteiger partial charge is 0.255 e. The Morgan fingerprint density at radius 3 is 2.34 bits per heavy atom. The normalized spacial score (nSPS) is 10.7. The van der Waals surface area contributed by atoms with E-state index < -0.39 is 11.6 Å². The van der Waals surface area contributed by atoms with E-state index in [1.54, 1.807) is 60.7 Å². The molecule has 1 heterocycles. The third-order valence-electron chi connectivity index (χ3n) is 5.93. The average molecular weight is 572 g/mol. The van der Waals surface area contributed by atoms with E-state index in [2.05, 4.69) is 20.8 Å². The molecule has 1 aromatic heterocycles. The maximum Gasteiger partial charge on any atom is 0.255 e. The predicted molar refractivity (Wildman–Crippen MR) is 153 cm³/mol. The monoisotopic (exact) mass is 571 g/mol. The Morgan fingerprint density at radius 2 is 1.61 bits per heavy atom. The molecular weight excluding hydrogens is 548 g/mol. The molecule has 0 fully saturated rings. The molecule has 0 aliphatic heterocycles. The van der Waals surface area contributed by atoms with Gasteiger partial charge in [-0.3, -0.25) is 14.2 Å². The third kappa shape index (κ3) is 6.42. The zero-order valence-corrected chi connectivity index (χ0v) is 22.5. The van der Waals surface area contributed by atoms with Crippen LogP contribution in [0.25, 0.3) is 17.1 Å². The number of benzene rings is 4. The topological polar surface area (TPSA) is 98.1 Å². The lowest BCUT2D eigenvalue weighted by atomic mass is 10.2. The highest BCUT2D eigenvalue weighted by atomic mass is 32.2. The molecule has 0 spiro atoms. The van der Waals surface area contributed by atoms with Crippen LogP contribution in [0.2, 0.25) is 0 Å². The molecule has 4 aromatic carbocycles. The van der Waals surface area contributed by atoms with Crippen molar-refractivity contribution >= 4 is 35.0 Å². The van der Waals surface area contributed by atoms with Crippen molar-refractivity contribution in [3.63, 3.8) is 0 Å². The number of methoxy groups -OCH3 is 1. The second-order valence-corrected chi connectivity index (χ2v) is 9.61. The lowest BCUT2D eigenvalue weighted by Crippen LogP contribution is -2.15. The zero-order chi connectivity index (χ0) is 28.8. The first-order valence-electron chi connectivity index (χ1n) is 12.4. The highest BCUT2D eigenvalue weighted by Crippen LogP contribution is 2.30. The molecular formula is C30H23F2N5O3S. The van der Waals surface area contributed by atoms with E-state index in [0.717, 1.165) is 23.9 Å². The number of aromatic nitrogens is 3. The Balaban J connectivity index is 1.27. The van der Waals surface area contributed by atoms with Gasteiger partial charge in [-0.25, -0.2) is 8.78 Å². The summed E-state index contributed by atoms with van der Waals surface area (Å²) in [7, 11) is 1.52. The number of halogens is 2. The molecule has 11 heteroatoms. The molecule has 8 nitrogen and oxygen atoms in total. The maximum atomic E-state index is 14.8. The van der Waals surface area contributed by atoms with E-state index in [9.17, 15) is 18.4 Å². The van der Waals surface area contributed by atoms with Crippen LogP contribution in [0.5, 0.6) is 5.75 Å². The molecule has 41 heavy (non-hydrogen) atoms. The number of para-hydroxylation sites is 2. The van der Waals surface area contributed by atoms with Gasteiger partial charge in [-0.15, -0.1) is 10.2 Å². The van der Waals surface area contributed by atoms with E-state index in [0.29, 0.717) is 34.1 Å². The molecule has 2 amide bonds. The Kier molecular flexibility index (Phi) is 8.35. The molecule has 0 unspecified atom stereocenters. The summed E-state index contributed by atoms with van der Waals surface area (Å²) in [6, 6.07) is 25.8. The van der Waals surface area contributed by atoms with Gasteiger partial charge in [0.15, 0.2) is 11.0 Å². The largest absolute Gasteiger partial charge is 0.495 e. The van der Waals surface area contributed by atoms with Gasteiger partial charge < -0.3 is 15.4 Å². The van der Waals surface area contributed by atoms with E-state index in [1.165, 1.54) is 17.7 Å². The van der Waals surface area contributed by atoms with Crippen LogP contribution in [-0.2, 0) is 4.79 Å². The minimum absolute atomic E-state index is 0.0557. The van der Waals surface area contributed by atoms with Crippen molar-refractivity contribution in [2.24, 2.45) is 0 Å². The number of ether oxygens (including phenoxy) is 1. The minimum atomic E-state index is -0.789. The Bertz CT molecular complexity index is 1690. The van der Waals surface area contributed by atoms with Crippen molar-refractivity contribution in [3.8, 4) is 22.8 Å². The van der Waals surface area contributed by atoms with Gasteiger partial charge in [-0.2, -0.15) is 0 Å². The summed E-state index contributed by atoms with van der Waals surface area (Å²) in [6.45, 7) is 0. The average Bonchev–Trinajstić information content (AvgIpc) is 3.41. The number of nitrogens with zero attached hydrogens (tertiary/aromatic N) is 3. The lowest BCUT2D eigenvalue weighted by Gasteiger charge is -2.12. The SMILES string of the molecule is COc1ccccc1NC(=O)c1ccc(NC(=O)CSc2nnc(-c3ccccc3)n2-c2ccc(F)cc2F)cc1. The second kappa shape index (κ2) is 12.4. The zero-order valence-electron chi connectivity index (χ0n) is 21.7. The van der Waals surface area contributed by atoms with Crippen LogP contribution >= 0.6 is 11.8 Å². The Labute approximate surface area is 238 Å². The van der Waals surface area contributed by atoms with E-state index in [4.69, 9.17) is 4.74 Å². The van der Waals surface area contributed by atoms with Crippen LogP contribution in [0.4, 0.5) is 20.2 Å². The summed E-state index contributed by atoms with van der Waals surface area (Å²) >= 11 is 1.05. The van der Waals surface area contributed by atoms with Gasteiger partial charge in [0.25, 0.3) is 5.91 Å². The minimum Gasteiger partial charge on any atom is -0.495 e. The number of hydrogen-bond acceptors (Lipinski definition) is 6. The number of carbonyl (C=O) groups excluding carboxylic acids is 2. The van der Waals surface area contributed by atoms with Gasteiger partial charge in [-0.1, -0.05) is 54.2 Å². The van der Waals surface area contributed by atoms with Crippen LogP contribution in [-0.4, -0.2) is 39.4 Å². The molecule has 206 valence electrons. The third-order valence-corrected chi connectivity index (χ3v) is 6.86. The number of carbonyl (C=O) groups is 2. The first kappa shape index (κ1) is 27.5. The maximum absolute atomic E-state index is 14.8. The highest BCUT2D eigenvalue weighted by molar-refractivity contribution is 7.99. The number of amides is 2. The summed E-state index contributed by atoms with van der Waals surface area (Å²) < 4.78 is 35.1. The van der Waals surface area contributed by atoms with Gasteiger partial charge in [-0.05, 0) is 48.5 Å². The lowest BCUT2D eigenvalue weighted by molar-refractivity contribution is -0.113. The van der Waals surface area contributed by atoms with Gasteiger partial charge in [0.1, 0.15) is 17.4 Å². The number of thioether (sulfide) groups is 1. The van der Waals surface area contributed by atoms with Gasteiger partial charge >= 0.3 is 0 Å². The molecule has 0 saturated carbocycles. The Hall–Kier alpha value is -5.03. The summed E-state index contributed by atoms with van der Waals surface area (Å²) in [6.07, 6.45) is 0. The van der Waals surface area contributed by atoms with Crippen molar-refractivity contribution < 1.29 is 23.1 Å². The van der Waals surface area contributed by atoms with Gasteiger partial charge in [0, 0.05) is 22.9 Å². The molecule has 5 rings (SSSR count). The van der Waals surface area contributed by atoms with Gasteiger partial charge in [0.2, 0.25) is 5.91 Å². The van der Waals surface area contributed by atoms with Crippen LogP contribution in [0, 0.1) is 11.6 Å². The first-order chi connectivity index (χ1) is 19.9. The summed E-state index contributed by atoms with van der Waals surface area (Å²) in [5, 5.41) is 14.2. The molecule has 0 radical (unpaired) electrons. The number of nitrogens with one attached hydrogen (secondary N) is 2. The molecule has 0 aliphatic carbocycles. The van der Waals surface area contributed by atoms with E-state index in [-0.39, 0.29) is 28.4 Å². The summed E-state index contributed by atoms with van der Waals surface area (Å²) in [5.74, 6) is -1.36. The van der Waals surface area contributed by atoms with Crippen molar-refractivity contribution in [2.45, 2.75) is 5.16 Å². The molecule has 0 aliphatic rings. The first-order valence-corrected chi connectivity index (χ1v) is 13.3. The van der Waals surface area contributed by atoms with Crippen molar-refractivity contribution in [1.29, 1.82) is 0 Å². The number of hydrogen-bond donors (Lipinski definition) is 2. The van der Waals surface area contributed by atoms with Crippen LogP contribution in [0.15, 0.2) is 102 Å². The predicted octanol–water partition coefficient (Wildman–Crippen LogP) is 6.20. The van der Waals surface area contributed by atoms with Crippen LogP contribution in [0.3, 0.4) is 0 Å². The molecule has 0 atom stereocenters. The number of anilines is 2. The molecule has 5 aromatic rings. The fourth-order valence-electron chi connectivity index (χ4n) is 3.99. The standard InChI is InChI=1S/C30H23F2N5O3S/c1-40-26-10-6-5-9-24(26)34-29(39)20-11-14-22(15-12-20)33-27(38)18-41-30-36-35-28(19-7-3-2-4-8-19)37(30)25-16-13-21(31)17-23(25)32/h2-17H,18H2,1H3,(H,33,38)(H,34,39). The van der Waals surface area contributed by atoms with E-state index >= 15 is 0 Å². The second-order valence-electron chi connectivity index (χ2n) is 8.67. The summed E-state index contributed by atoms with van der Waals surface area (Å²) in [5.41, 5.74) is 2.15. The molecule has 2 N–H and O–H groups in total. The van der Waals surface area contributed by atoms with Crippen LogP contribution < -0.4 is 15.4 Å². The molecule has 0 saturated heterocycles.